The molecular formula is C16H29N5O6. The molecule has 11 heteroatoms. The number of aliphatic carboxylic acids is 1. The molecule has 0 rings (SSSR count). The Morgan fingerprint density at radius 2 is 1.44 bits per heavy atom. The third-order valence-electron chi connectivity index (χ3n) is 4.13. The smallest absolute Gasteiger partial charge is 0.326 e. The Hall–Kier alpha value is -2.69. The number of carbonyl (C=O) groups is 5. The van der Waals surface area contributed by atoms with Crippen LogP contribution in [-0.4, -0.2) is 52.8 Å². The zero-order valence-corrected chi connectivity index (χ0v) is 15.6. The van der Waals surface area contributed by atoms with E-state index in [0.717, 1.165) is 0 Å². The van der Waals surface area contributed by atoms with E-state index in [1.165, 1.54) is 0 Å². The van der Waals surface area contributed by atoms with E-state index in [4.69, 9.17) is 17.2 Å². The average molecular weight is 387 g/mol. The standard InChI is InChI=1S/C16H29N5O6/c1-3-8(2)13(21-14(24)9(17)4-6-11(18)22)15(25)20-10(16(26)27)5-7-12(19)23/h8-10,13H,3-7,17H2,1-2H3,(H2,18,22)(H2,19,23)(H,20,25)(H,21,24)(H,26,27)/t8-,9-,10-,13-/m0/s1. The summed E-state index contributed by atoms with van der Waals surface area (Å²) in [5, 5.41) is 14.0. The normalized spacial score (nSPS) is 15.1. The maximum atomic E-state index is 12.5. The molecule has 0 aromatic heterocycles. The predicted molar refractivity (Wildman–Crippen MR) is 95.8 cm³/mol. The second-order valence-corrected chi connectivity index (χ2v) is 6.39. The topological polar surface area (TPSA) is 208 Å². The predicted octanol–water partition coefficient (Wildman–Crippen LogP) is -2.05. The number of hydrogen-bond acceptors (Lipinski definition) is 6. The van der Waals surface area contributed by atoms with Gasteiger partial charge in [0.1, 0.15) is 12.1 Å². The second kappa shape index (κ2) is 11.8. The molecule has 0 heterocycles. The Labute approximate surface area is 157 Å². The Bertz CT molecular complexity index is 568. The first-order valence-electron chi connectivity index (χ1n) is 8.65. The molecule has 0 bridgehead atoms. The van der Waals surface area contributed by atoms with Crippen LogP contribution in [0, 0.1) is 5.92 Å². The van der Waals surface area contributed by atoms with Gasteiger partial charge in [0, 0.05) is 12.8 Å². The second-order valence-electron chi connectivity index (χ2n) is 6.39. The van der Waals surface area contributed by atoms with Gasteiger partial charge in [0.15, 0.2) is 0 Å². The summed E-state index contributed by atoms with van der Waals surface area (Å²) in [4.78, 5) is 57.6. The van der Waals surface area contributed by atoms with Crippen LogP contribution in [0.2, 0.25) is 0 Å². The third-order valence-corrected chi connectivity index (χ3v) is 4.13. The minimum Gasteiger partial charge on any atom is -0.480 e. The zero-order valence-electron chi connectivity index (χ0n) is 15.6. The molecule has 0 radical (unpaired) electrons. The molecule has 4 atom stereocenters. The fourth-order valence-corrected chi connectivity index (χ4v) is 2.20. The molecule has 11 nitrogen and oxygen atoms in total. The van der Waals surface area contributed by atoms with E-state index in [2.05, 4.69) is 10.6 Å². The number of carboxylic acid groups (broad SMARTS) is 1. The lowest BCUT2D eigenvalue weighted by Gasteiger charge is -2.26. The lowest BCUT2D eigenvalue weighted by molar-refractivity contribution is -0.142. The molecule has 0 aromatic rings. The first-order valence-corrected chi connectivity index (χ1v) is 8.65. The van der Waals surface area contributed by atoms with Gasteiger partial charge in [-0.3, -0.25) is 19.2 Å². The molecular weight excluding hydrogens is 358 g/mol. The fraction of sp³-hybridized carbons (Fsp3) is 0.688. The van der Waals surface area contributed by atoms with Gasteiger partial charge in [-0.2, -0.15) is 0 Å². The number of nitrogens with one attached hydrogen (secondary N) is 2. The van der Waals surface area contributed by atoms with Crippen molar-refractivity contribution in [2.24, 2.45) is 23.1 Å². The van der Waals surface area contributed by atoms with Gasteiger partial charge in [0.2, 0.25) is 23.6 Å². The molecule has 0 fully saturated rings. The SMILES string of the molecule is CC[C@H](C)[C@H](NC(=O)[C@@H](N)CCC(N)=O)C(=O)N[C@@H](CCC(N)=O)C(=O)O. The van der Waals surface area contributed by atoms with Crippen molar-refractivity contribution >= 4 is 29.6 Å². The number of primary amides is 2. The van der Waals surface area contributed by atoms with Crippen molar-refractivity contribution in [2.75, 3.05) is 0 Å². The summed E-state index contributed by atoms with van der Waals surface area (Å²) in [7, 11) is 0. The minimum atomic E-state index is -1.32. The molecule has 4 amide bonds. The minimum absolute atomic E-state index is 0.0202. The van der Waals surface area contributed by atoms with Gasteiger partial charge in [0.25, 0.3) is 0 Å². The van der Waals surface area contributed by atoms with Gasteiger partial charge in [-0.05, 0) is 18.8 Å². The van der Waals surface area contributed by atoms with E-state index in [9.17, 15) is 29.1 Å². The quantitative estimate of drug-likeness (QED) is 0.208. The summed E-state index contributed by atoms with van der Waals surface area (Å²) in [5.41, 5.74) is 15.7. The van der Waals surface area contributed by atoms with Crippen LogP contribution in [-0.2, 0) is 24.0 Å². The van der Waals surface area contributed by atoms with Crippen molar-refractivity contribution in [3.8, 4) is 0 Å². The average Bonchev–Trinajstić information content (AvgIpc) is 2.59. The van der Waals surface area contributed by atoms with Crippen molar-refractivity contribution in [2.45, 2.75) is 64.1 Å². The van der Waals surface area contributed by atoms with Crippen LogP contribution in [0.3, 0.4) is 0 Å². The summed E-state index contributed by atoms with van der Waals surface area (Å²) in [6.45, 7) is 3.50. The molecule has 154 valence electrons. The van der Waals surface area contributed by atoms with Crippen LogP contribution in [0.4, 0.5) is 0 Å². The zero-order chi connectivity index (χ0) is 21.1. The van der Waals surface area contributed by atoms with Crippen molar-refractivity contribution in [3.05, 3.63) is 0 Å². The Morgan fingerprint density at radius 1 is 0.926 bits per heavy atom. The van der Waals surface area contributed by atoms with Gasteiger partial charge in [0.05, 0.1) is 6.04 Å². The van der Waals surface area contributed by atoms with Crippen LogP contribution in [0.1, 0.15) is 46.0 Å². The van der Waals surface area contributed by atoms with E-state index >= 15 is 0 Å². The highest BCUT2D eigenvalue weighted by atomic mass is 16.4. The van der Waals surface area contributed by atoms with Crippen molar-refractivity contribution in [1.82, 2.24) is 10.6 Å². The molecule has 27 heavy (non-hydrogen) atoms. The van der Waals surface area contributed by atoms with E-state index in [-0.39, 0.29) is 31.6 Å². The van der Waals surface area contributed by atoms with Gasteiger partial charge < -0.3 is 32.9 Å². The summed E-state index contributed by atoms with van der Waals surface area (Å²) in [6, 6.07) is -3.39. The highest BCUT2D eigenvalue weighted by Gasteiger charge is 2.31. The summed E-state index contributed by atoms with van der Waals surface area (Å²) >= 11 is 0. The van der Waals surface area contributed by atoms with Crippen LogP contribution < -0.4 is 27.8 Å². The molecule has 0 spiro atoms. The maximum absolute atomic E-state index is 12.5. The molecule has 0 saturated carbocycles. The molecule has 0 aliphatic carbocycles. The monoisotopic (exact) mass is 387 g/mol. The molecule has 0 saturated heterocycles. The molecule has 9 N–H and O–H groups in total. The number of rotatable bonds is 13. The summed E-state index contributed by atoms with van der Waals surface area (Å²) in [5.74, 6) is -4.30. The number of amides is 4. The van der Waals surface area contributed by atoms with Gasteiger partial charge in [-0.25, -0.2) is 4.79 Å². The van der Waals surface area contributed by atoms with Gasteiger partial charge in [-0.15, -0.1) is 0 Å². The summed E-state index contributed by atoms with van der Waals surface area (Å²) in [6.07, 6.45) is 0.0780. The van der Waals surface area contributed by atoms with Crippen LogP contribution in [0.25, 0.3) is 0 Å². The number of carboxylic acids is 1. The molecule has 0 aromatic carbocycles. The molecule has 0 unspecified atom stereocenters. The van der Waals surface area contributed by atoms with E-state index in [1.54, 1.807) is 13.8 Å². The van der Waals surface area contributed by atoms with Crippen LogP contribution in [0.15, 0.2) is 0 Å². The highest BCUT2D eigenvalue weighted by molar-refractivity contribution is 5.92. The van der Waals surface area contributed by atoms with Crippen LogP contribution in [0.5, 0.6) is 0 Å². The molecule has 0 aliphatic heterocycles. The summed E-state index contributed by atoms with van der Waals surface area (Å²) < 4.78 is 0. The van der Waals surface area contributed by atoms with E-state index in [0.29, 0.717) is 6.42 Å². The first-order chi connectivity index (χ1) is 12.5. The van der Waals surface area contributed by atoms with Crippen molar-refractivity contribution < 1.29 is 29.1 Å². The van der Waals surface area contributed by atoms with E-state index < -0.39 is 47.7 Å². The van der Waals surface area contributed by atoms with Crippen molar-refractivity contribution in [3.63, 3.8) is 0 Å². The van der Waals surface area contributed by atoms with Crippen molar-refractivity contribution in [1.29, 1.82) is 0 Å². The Morgan fingerprint density at radius 3 is 1.89 bits per heavy atom. The fourth-order valence-electron chi connectivity index (χ4n) is 2.20. The Balaban J connectivity index is 5.07. The number of nitrogens with two attached hydrogens (primary N) is 3. The lowest BCUT2D eigenvalue weighted by Crippen LogP contribution is -2.56. The largest absolute Gasteiger partial charge is 0.480 e. The van der Waals surface area contributed by atoms with E-state index in [1.807, 2.05) is 0 Å². The first kappa shape index (κ1) is 24.3. The maximum Gasteiger partial charge on any atom is 0.326 e. The molecule has 0 aliphatic rings. The lowest BCUT2D eigenvalue weighted by atomic mass is 9.97. The van der Waals surface area contributed by atoms with Gasteiger partial charge >= 0.3 is 5.97 Å². The van der Waals surface area contributed by atoms with Gasteiger partial charge in [-0.1, -0.05) is 20.3 Å². The third kappa shape index (κ3) is 9.54. The number of hydrogen-bond donors (Lipinski definition) is 6. The Kier molecular flexibility index (Phi) is 10.7. The van der Waals surface area contributed by atoms with Crippen LogP contribution >= 0.6 is 0 Å². The number of carbonyl (C=O) groups excluding carboxylic acids is 4. The highest BCUT2D eigenvalue weighted by Crippen LogP contribution is 2.10.